The minimum Gasteiger partial charge on any atom is -0.368 e. The Hall–Kier alpha value is -2.83. The van der Waals surface area contributed by atoms with Crippen LogP contribution >= 0.6 is 0 Å². The predicted molar refractivity (Wildman–Crippen MR) is 95.5 cm³/mol. The van der Waals surface area contributed by atoms with Crippen LogP contribution in [0.2, 0.25) is 0 Å². The van der Waals surface area contributed by atoms with E-state index in [9.17, 15) is 9.59 Å². The van der Waals surface area contributed by atoms with Crippen molar-refractivity contribution in [3.63, 3.8) is 0 Å². The third kappa shape index (κ3) is 3.99. The molecule has 2 aromatic rings. The first-order valence-corrected chi connectivity index (χ1v) is 8.41. The fraction of sp³-hybridized carbons (Fsp3) is 0.389. The number of rotatable bonds is 4. The van der Waals surface area contributed by atoms with Crippen LogP contribution in [0.15, 0.2) is 36.4 Å². The number of amides is 2. The topological polar surface area (TPSA) is 70.5 Å². The molecule has 1 aliphatic heterocycles. The summed E-state index contributed by atoms with van der Waals surface area (Å²) in [5, 5.41) is 6.78. The molecule has 1 aromatic carbocycles. The zero-order chi connectivity index (χ0) is 17.8. The number of carbonyl (C=O) groups is 2. The Kier molecular flexibility index (Phi) is 5.02. The van der Waals surface area contributed by atoms with Crippen molar-refractivity contribution in [3.05, 3.63) is 47.8 Å². The van der Waals surface area contributed by atoms with Crippen molar-refractivity contribution in [3.8, 4) is 0 Å². The Balaban J connectivity index is 1.47. The molecule has 25 heavy (non-hydrogen) atoms. The summed E-state index contributed by atoms with van der Waals surface area (Å²) in [5.41, 5.74) is 2.41. The van der Waals surface area contributed by atoms with E-state index in [1.165, 1.54) is 5.69 Å². The maximum absolute atomic E-state index is 12.3. The lowest BCUT2D eigenvalue weighted by Crippen LogP contribution is -2.51. The molecule has 132 valence electrons. The Morgan fingerprint density at radius 2 is 1.80 bits per heavy atom. The zero-order valence-electron chi connectivity index (χ0n) is 14.6. The molecule has 1 fully saturated rings. The van der Waals surface area contributed by atoms with Crippen molar-refractivity contribution < 1.29 is 9.59 Å². The van der Waals surface area contributed by atoms with Gasteiger partial charge in [-0.15, -0.1) is 0 Å². The number of anilines is 1. The Morgan fingerprint density at radius 3 is 2.40 bits per heavy atom. The SMILES string of the molecule is Cc1cc(C(=O)NCC(=O)N2CCN(c3ccccc3)CC2)nn1C. The number of nitrogens with one attached hydrogen (secondary N) is 1. The van der Waals surface area contributed by atoms with E-state index in [4.69, 9.17) is 0 Å². The summed E-state index contributed by atoms with van der Waals surface area (Å²) in [7, 11) is 1.78. The zero-order valence-corrected chi connectivity index (χ0v) is 14.6. The van der Waals surface area contributed by atoms with Crippen LogP contribution in [-0.4, -0.2) is 59.2 Å². The molecule has 0 spiro atoms. The average molecular weight is 341 g/mol. The maximum Gasteiger partial charge on any atom is 0.272 e. The molecule has 7 nitrogen and oxygen atoms in total. The van der Waals surface area contributed by atoms with Crippen molar-refractivity contribution in [1.82, 2.24) is 20.0 Å². The van der Waals surface area contributed by atoms with E-state index in [-0.39, 0.29) is 18.4 Å². The van der Waals surface area contributed by atoms with Gasteiger partial charge in [-0.3, -0.25) is 14.3 Å². The van der Waals surface area contributed by atoms with Crippen LogP contribution in [0.3, 0.4) is 0 Å². The molecule has 0 radical (unpaired) electrons. The largest absolute Gasteiger partial charge is 0.368 e. The lowest BCUT2D eigenvalue weighted by Gasteiger charge is -2.36. The van der Waals surface area contributed by atoms with Crippen molar-refractivity contribution in [2.24, 2.45) is 7.05 Å². The van der Waals surface area contributed by atoms with Crippen LogP contribution in [0.1, 0.15) is 16.2 Å². The molecule has 3 rings (SSSR count). The van der Waals surface area contributed by atoms with Crippen molar-refractivity contribution in [2.75, 3.05) is 37.6 Å². The summed E-state index contributed by atoms with van der Waals surface area (Å²) in [4.78, 5) is 28.4. The number of para-hydroxylation sites is 1. The van der Waals surface area contributed by atoms with Gasteiger partial charge in [0, 0.05) is 44.6 Å². The van der Waals surface area contributed by atoms with Gasteiger partial charge in [-0.1, -0.05) is 18.2 Å². The molecule has 0 atom stereocenters. The van der Waals surface area contributed by atoms with E-state index in [2.05, 4.69) is 27.4 Å². The highest BCUT2D eigenvalue weighted by atomic mass is 16.2. The number of hydrogen-bond acceptors (Lipinski definition) is 4. The van der Waals surface area contributed by atoms with Gasteiger partial charge < -0.3 is 15.1 Å². The molecule has 0 bridgehead atoms. The van der Waals surface area contributed by atoms with Crippen LogP contribution in [0.25, 0.3) is 0 Å². The number of carbonyl (C=O) groups excluding carboxylic acids is 2. The quantitative estimate of drug-likeness (QED) is 0.893. The fourth-order valence-electron chi connectivity index (χ4n) is 2.88. The molecule has 7 heteroatoms. The molecule has 1 saturated heterocycles. The predicted octanol–water partition coefficient (Wildman–Crippen LogP) is 0.807. The van der Waals surface area contributed by atoms with E-state index in [1.807, 2.05) is 25.1 Å². The summed E-state index contributed by atoms with van der Waals surface area (Å²) in [6, 6.07) is 11.9. The number of nitrogens with zero attached hydrogens (tertiary/aromatic N) is 4. The average Bonchev–Trinajstić information content (AvgIpc) is 2.99. The summed E-state index contributed by atoms with van der Waals surface area (Å²) >= 11 is 0. The van der Waals surface area contributed by atoms with Gasteiger partial charge in [-0.05, 0) is 25.1 Å². The van der Waals surface area contributed by atoms with Crippen molar-refractivity contribution >= 4 is 17.5 Å². The standard InChI is InChI=1S/C18H23N5O2/c1-14-12-16(20-21(14)2)18(25)19-13-17(24)23-10-8-22(9-11-23)15-6-4-3-5-7-15/h3-7,12H,8-11,13H2,1-2H3,(H,19,25). The molecule has 1 N–H and O–H groups in total. The third-order valence-electron chi connectivity index (χ3n) is 4.50. The van der Waals surface area contributed by atoms with Crippen LogP contribution in [0.5, 0.6) is 0 Å². The number of aryl methyl sites for hydroxylation is 2. The van der Waals surface area contributed by atoms with Gasteiger partial charge in [0.1, 0.15) is 5.69 Å². The number of aromatic nitrogens is 2. The lowest BCUT2D eigenvalue weighted by atomic mass is 10.2. The second-order valence-corrected chi connectivity index (χ2v) is 6.18. The molecule has 1 aromatic heterocycles. The lowest BCUT2D eigenvalue weighted by molar-refractivity contribution is -0.130. The summed E-state index contributed by atoms with van der Waals surface area (Å²) < 4.78 is 1.64. The molecule has 1 aliphatic rings. The van der Waals surface area contributed by atoms with Crippen LogP contribution in [0.4, 0.5) is 5.69 Å². The molecule has 2 amide bonds. The van der Waals surface area contributed by atoms with Crippen molar-refractivity contribution in [2.45, 2.75) is 6.92 Å². The molecule has 0 aliphatic carbocycles. The van der Waals surface area contributed by atoms with Gasteiger partial charge in [-0.2, -0.15) is 5.10 Å². The fourth-order valence-corrected chi connectivity index (χ4v) is 2.88. The Labute approximate surface area is 147 Å². The normalized spacial score (nSPS) is 14.5. The summed E-state index contributed by atoms with van der Waals surface area (Å²) in [5.74, 6) is -0.381. The van der Waals surface area contributed by atoms with Gasteiger partial charge in [0.05, 0.1) is 6.54 Å². The summed E-state index contributed by atoms with van der Waals surface area (Å²) in [6.07, 6.45) is 0. The highest BCUT2D eigenvalue weighted by Gasteiger charge is 2.22. The number of hydrogen-bond donors (Lipinski definition) is 1. The minimum absolute atomic E-state index is 0.000206. The third-order valence-corrected chi connectivity index (χ3v) is 4.50. The molecule has 2 heterocycles. The van der Waals surface area contributed by atoms with Crippen LogP contribution in [0, 0.1) is 6.92 Å². The van der Waals surface area contributed by atoms with Gasteiger partial charge in [0.2, 0.25) is 5.91 Å². The minimum atomic E-state index is -0.319. The Bertz CT molecular complexity index is 729. The monoisotopic (exact) mass is 341 g/mol. The first kappa shape index (κ1) is 17.0. The van der Waals surface area contributed by atoms with E-state index in [1.54, 1.807) is 22.7 Å². The van der Waals surface area contributed by atoms with Crippen molar-refractivity contribution in [1.29, 1.82) is 0 Å². The molecular weight excluding hydrogens is 318 g/mol. The van der Waals surface area contributed by atoms with Gasteiger partial charge in [-0.25, -0.2) is 0 Å². The van der Waals surface area contributed by atoms with Gasteiger partial charge >= 0.3 is 0 Å². The molecular formula is C18H23N5O2. The molecule has 0 saturated carbocycles. The highest BCUT2D eigenvalue weighted by molar-refractivity contribution is 5.95. The first-order valence-electron chi connectivity index (χ1n) is 8.41. The highest BCUT2D eigenvalue weighted by Crippen LogP contribution is 2.15. The van der Waals surface area contributed by atoms with E-state index < -0.39 is 0 Å². The van der Waals surface area contributed by atoms with Gasteiger partial charge in [0.25, 0.3) is 5.91 Å². The van der Waals surface area contributed by atoms with E-state index in [0.29, 0.717) is 18.8 Å². The van der Waals surface area contributed by atoms with Crippen LogP contribution < -0.4 is 10.2 Å². The first-order chi connectivity index (χ1) is 12.0. The summed E-state index contributed by atoms with van der Waals surface area (Å²) in [6.45, 7) is 4.78. The van der Waals surface area contributed by atoms with E-state index >= 15 is 0 Å². The second-order valence-electron chi connectivity index (χ2n) is 6.18. The van der Waals surface area contributed by atoms with E-state index in [0.717, 1.165) is 18.8 Å². The second kappa shape index (κ2) is 7.38. The smallest absolute Gasteiger partial charge is 0.272 e. The number of benzene rings is 1. The number of piperazine rings is 1. The Morgan fingerprint density at radius 1 is 1.12 bits per heavy atom. The van der Waals surface area contributed by atoms with Crippen LogP contribution in [-0.2, 0) is 11.8 Å². The maximum atomic E-state index is 12.3. The van der Waals surface area contributed by atoms with Gasteiger partial charge in [0.15, 0.2) is 0 Å². The molecule has 0 unspecified atom stereocenters.